The maximum atomic E-state index is 12.9. The van der Waals surface area contributed by atoms with Gasteiger partial charge >= 0.3 is 0 Å². The van der Waals surface area contributed by atoms with E-state index in [1.165, 1.54) is 4.31 Å². The Bertz CT molecular complexity index is 1130. The molecule has 0 bridgehead atoms. The van der Waals surface area contributed by atoms with Crippen LogP contribution in [0.15, 0.2) is 23.1 Å². The fourth-order valence-electron chi connectivity index (χ4n) is 4.55. The Morgan fingerprint density at radius 3 is 2.59 bits per heavy atom. The van der Waals surface area contributed by atoms with E-state index in [1.807, 2.05) is 11.6 Å². The fourth-order valence-corrected chi connectivity index (χ4v) is 5.98. The van der Waals surface area contributed by atoms with Crippen LogP contribution in [0.25, 0.3) is 11.0 Å². The number of benzene rings is 1. The summed E-state index contributed by atoms with van der Waals surface area (Å²) in [5, 5.41) is 5.81. The lowest BCUT2D eigenvalue weighted by Crippen LogP contribution is -2.40. The molecule has 10 nitrogen and oxygen atoms in total. The molecule has 1 aromatic heterocycles. The summed E-state index contributed by atoms with van der Waals surface area (Å²) in [5.41, 5.74) is 1.38. The van der Waals surface area contributed by atoms with E-state index in [-0.39, 0.29) is 35.6 Å². The van der Waals surface area contributed by atoms with E-state index in [9.17, 15) is 18.0 Å². The van der Waals surface area contributed by atoms with Gasteiger partial charge in [0, 0.05) is 52.0 Å². The van der Waals surface area contributed by atoms with Crippen LogP contribution >= 0.6 is 0 Å². The first-order valence-corrected chi connectivity index (χ1v) is 13.4. The standard InChI is InChI=1S/C23H33N5O5S/c1-27-20-7-6-18(34(31,32)28-12-14-33-15-13-28)16-19(20)26-21(27)8-9-22(29)24-11-10-23(30)25-17-4-2-3-5-17/h6-7,16-17H,2-5,8-15H2,1H3,(H,24,29)(H,25,30). The number of hydrogen-bond donors (Lipinski definition) is 2. The molecule has 2 N–H and O–H groups in total. The van der Waals surface area contributed by atoms with Gasteiger partial charge in [0.2, 0.25) is 21.8 Å². The first kappa shape index (κ1) is 24.6. The SMILES string of the molecule is Cn1c(CCC(=O)NCCC(=O)NC2CCCC2)nc2cc(S(=O)(=O)N3CCOCC3)ccc21. The van der Waals surface area contributed by atoms with Gasteiger partial charge < -0.3 is 19.9 Å². The Kier molecular flexibility index (Phi) is 7.84. The average Bonchev–Trinajstić information content (AvgIpc) is 3.45. The van der Waals surface area contributed by atoms with E-state index in [2.05, 4.69) is 15.6 Å². The molecule has 0 atom stereocenters. The molecule has 4 rings (SSSR count). The maximum Gasteiger partial charge on any atom is 0.243 e. The highest BCUT2D eigenvalue weighted by Gasteiger charge is 2.27. The topological polar surface area (TPSA) is 123 Å². The summed E-state index contributed by atoms with van der Waals surface area (Å²) in [7, 11) is -1.75. The van der Waals surface area contributed by atoms with E-state index >= 15 is 0 Å². The van der Waals surface area contributed by atoms with Gasteiger partial charge in [0.05, 0.1) is 29.1 Å². The van der Waals surface area contributed by atoms with E-state index in [0.29, 0.717) is 50.6 Å². The first-order chi connectivity index (χ1) is 16.3. The summed E-state index contributed by atoms with van der Waals surface area (Å²) < 4.78 is 34.4. The predicted octanol–water partition coefficient (Wildman–Crippen LogP) is 1.09. The number of carbonyl (C=O) groups is 2. The van der Waals surface area contributed by atoms with E-state index in [4.69, 9.17) is 4.74 Å². The summed E-state index contributed by atoms with van der Waals surface area (Å²) in [6.07, 6.45) is 5.32. The lowest BCUT2D eigenvalue weighted by molar-refractivity contribution is -0.122. The van der Waals surface area contributed by atoms with Crippen LogP contribution in [-0.4, -0.2) is 73.0 Å². The molecular weight excluding hydrogens is 458 g/mol. The third-order valence-corrected chi connectivity index (χ3v) is 8.42. The number of aromatic nitrogens is 2. The minimum Gasteiger partial charge on any atom is -0.379 e. The van der Waals surface area contributed by atoms with Crippen molar-refractivity contribution in [3.63, 3.8) is 0 Å². The molecule has 1 aromatic carbocycles. The number of nitrogens with zero attached hydrogens (tertiary/aromatic N) is 3. The number of sulfonamides is 1. The second-order valence-corrected chi connectivity index (χ2v) is 10.8. The number of amides is 2. The lowest BCUT2D eigenvalue weighted by atomic mass is 10.2. The van der Waals surface area contributed by atoms with Crippen molar-refractivity contribution in [2.24, 2.45) is 7.05 Å². The number of imidazole rings is 1. The molecule has 2 aromatic rings. The minimum absolute atomic E-state index is 0.0228. The van der Waals surface area contributed by atoms with Crippen molar-refractivity contribution in [3.8, 4) is 0 Å². The van der Waals surface area contributed by atoms with Crippen molar-refractivity contribution in [3.05, 3.63) is 24.0 Å². The minimum atomic E-state index is -3.60. The molecule has 186 valence electrons. The average molecular weight is 492 g/mol. The maximum absolute atomic E-state index is 12.9. The molecule has 0 unspecified atom stereocenters. The first-order valence-electron chi connectivity index (χ1n) is 11.9. The zero-order chi connectivity index (χ0) is 24.1. The monoisotopic (exact) mass is 491 g/mol. The van der Waals surface area contributed by atoms with Gasteiger partial charge in [-0.2, -0.15) is 4.31 Å². The highest BCUT2D eigenvalue weighted by atomic mass is 32.2. The number of fused-ring (bicyclic) bond motifs is 1. The van der Waals surface area contributed by atoms with Gasteiger partial charge in [-0.3, -0.25) is 9.59 Å². The number of morpholine rings is 1. The van der Waals surface area contributed by atoms with E-state index in [0.717, 1.165) is 31.2 Å². The molecule has 1 aliphatic carbocycles. The Morgan fingerprint density at radius 1 is 1.12 bits per heavy atom. The summed E-state index contributed by atoms with van der Waals surface area (Å²) >= 11 is 0. The van der Waals surface area contributed by atoms with Crippen LogP contribution in [0.1, 0.15) is 44.3 Å². The summed E-state index contributed by atoms with van der Waals surface area (Å²) in [6.45, 7) is 1.77. The highest BCUT2D eigenvalue weighted by molar-refractivity contribution is 7.89. The van der Waals surface area contributed by atoms with Gasteiger partial charge in [0.1, 0.15) is 5.82 Å². The second kappa shape index (κ2) is 10.8. The van der Waals surface area contributed by atoms with Crippen molar-refractivity contribution < 1.29 is 22.7 Å². The summed E-state index contributed by atoms with van der Waals surface area (Å²) in [5.74, 6) is 0.534. The van der Waals surface area contributed by atoms with E-state index in [1.54, 1.807) is 18.2 Å². The molecule has 1 saturated carbocycles. The number of nitrogens with one attached hydrogen (secondary N) is 2. The molecular formula is C23H33N5O5S. The zero-order valence-electron chi connectivity index (χ0n) is 19.6. The quantitative estimate of drug-likeness (QED) is 0.542. The van der Waals surface area contributed by atoms with Crippen molar-refractivity contribution in [1.29, 1.82) is 0 Å². The second-order valence-electron chi connectivity index (χ2n) is 8.90. The Hall–Kier alpha value is -2.50. The van der Waals surface area contributed by atoms with Gasteiger partial charge in [-0.05, 0) is 31.0 Å². The van der Waals surface area contributed by atoms with Gasteiger partial charge in [-0.25, -0.2) is 13.4 Å². The molecule has 0 radical (unpaired) electrons. The Labute approximate surface area is 200 Å². The largest absolute Gasteiger partial charge is 0.379 e. The van der Waals surface area contributed by atoms with Crippen LogP contribution in [0.2, 0.25) is 0 Å². The summed E-state index contributed by atoms with van der Waals surface area (Å²) in [6, 6.07) is 5.22. The van der Waals surface area contributed by atoms with Crippen molar-refractivity contribution in [1.82, 2.24) is 24.5 Å². The van der Waals surface area contributed by atoms with Crippen LogP contribution in [0.3, 0.4) is 0 Å². The molecule has 2 heterocycles. The van der Waals surface area contributed by atoms with Gasteiger partial charge in [-0.15, -0.1) is 0 Å². The Morgan fingerprint density at radius 2 is 1.85 bits per heavy atom. The molecule has 2 fully saturated rings. The molecule has 0 spiro atoms. The predicted molar refractivity (Wildman–Crippen MR) is 127 cm³/mol. The molecule has 34 heavy (non-hydrogen) atoms. The smallest absolute Gasteiger partial charge is 0.243 e. The third-order valence-electron chi connectivity index (χ3n) is 6.52. The van der Waals surface area contributed by atoms with Crippen LogP contribution in [-0.2, 0) is 37.8 Å². The fraction of sp³-hybridized carbons (Fsp3) is 0.609. The molecule has 11 heteroatoms. The normalized spacial score (nSPS) is 17.8. The van der Waals surface area contributed by atoms with Gasteiger partial charge in [0.25, 0.3) is 0 Å². The van der Waals surface area contributed by atoms with E-state index < -0.39 is 10.0 Å². The van der Waals surface area contributed by atoms with Crippen molar-refractivity contribution in [2.45, 2.75) is 55.9 Å². The van der Waals surface area contributed by atoms with Crippen molar-refractivity contribution >= 4 is 32.9 Å². The van der Waals surface area contributed by atoms with Crippen LogP contribution in [0.5, 0.6) is 0 Å². The molecule has 1 aliphatic heterocycles. The number of hydrogen-bond acceptors (Lipinski definition) is 6. The van der Waals surface area contributed by atoms with Crippen molar-refractivity contribution in [2.75, 3.05) is 32.8 Å². The zero-order valence-corrected chi connectivity index (χ0v) is 20.4. The number of aryl methyl sites for hydroxylation is 2. The molecule has 2 aliphatic rings. The highest BCUT2D eigenvalue weighted by Crippen LogP contribution is 2.23. The number of rotatable bonds is 9. The van der Waals surface area contributed by atoms with Crippen LogP contribution in [0, 0.1) is 0 Å². The number of ether oxygens (including phenoxy) is 1. The number of carbonyl (C=O) groups excluding carboxylic acids is 2. The van der Waals surface area contributed by atoms with Crippen LogP contribution in [0.4, 0.5) is 0 Å². The third kappa shape index (κ3) is 5.76. The van der Waals surface area contributed by atoms with Gasteiger partial charge in [-0.1, -0.05) is 12.8 Å². The molecule has 1 saturated heterocycles. The lowest BCUT2D eigenvalue weighted by Gasteiger charge is -2.26. The molecule has 2 amide bonds. The summed E-state index contributed by atoms with van der Waals surface area (Å²) in [4.78, 5) is 29.0. The van der Waals surface area contributed by atoms with Gasteiger partial charge in [0.15, 0.2) is 0 Å². The van der Waals surface area contributed by atoms with Crippen LogP contribution < -0.4 is 10.6 Å². The Balaban J connectivity index is 1.31.